The molecule has 0 bridgehead atoms. The Labute approximate surface area is 156 Å². The van der Waals surface area contributed by atoms with Gasteiger partial charge in [0.1, 0.15) is 19.0 Å². The van der Waals surface area contributed by atoms with Crippen molar-refractivity contribution in [3.63, 3.8) is 0 Å². The number of halogens is 1. The van der Waals surface area contributed by atoms with Crippen LogP contribution in [0.25, 0.3) is 21.2 Å². The molecule has 26 heavy (non-hydrogen) atoms. The number of hydrogen-bond donors (Lipinski definition) is 1. The first-order chi connectivity index (χ1) is 12.8. The Morgan fingerprint density at radius 2 is 1.65 bits per heavy atom. The number of alkyl halides is 1. The number of fused-ring (bicyclic) bond motifs is 1. The highest BCUT2D eigenvalue weighted by atomic mass is 32.1. The summed E-state index contributed by atoms with van der Waals surface area (Å²) in [6.45, 7) is 1.32. The van der Waals surface area contributed by atoms with Crippen LogP contribution in [0.5, 0.6) is 5.75 Å². The van der Waals surface area contributed by atoms with Crippen molar-refractivity contribution in [1.82, 2.24) is 0 Å². The van der Waals surface area contributed by atoms with Gasteiger partial charge in [0.15, 0.2) is 0 Å². The van der Waals surface area contributed by atoms with Gasteiger partial charge in [0.05, 0.1) is 26.4 Å². The Morgan fingerprint density at radius 1 is 0.885 bits per heavy atom. The average molecular weight is 375 g/mol. The summed E-state index contributed by atoms with van der Waals surface area (Å²) in [5.74, 6) is 0.711. The van der Waals surface area contributed by atoms with Crippen LogP contribution in [0.1, 0.15) is 0 Å². The van der Waals surface area contributed by atoms with Crippen molar-refractivity contribution in [1.29, 1.82) is 0 Å². The number of nitrogen functional groups attached to an aromatic ring is 1. The van der Waals surface area contributed by atoms with Crippen LogP contribution in [0.2, 0.25) is 0 Å². The highest BCUT2D eigenvalue weighted by Crippen LogP contribution is 2.37. The normalized spacial score (nSPS) is 11.1. The highest BCUT2D eigenvalue weighted by molar-refractivity contribution is 7.17. The van der Waals surface area contributed by atoms with Crippen LogP contribution < -0.4 is 10.5 Å². The molecule has 0 aliphatic carbocycles. The van der Waals surface area contributed by atoms with Gasteiger partial charge in [-0.2, -0.15) is 0 Å². The Hall–Kier alpha value is -2.15. The molecule has 3 rings (SSSR count). The summed E-state index contributed by atoms with van der Waals surface area (Å²) in [5.41, 5.74) is 9.09. The monoisotopic (exact) mass is 375 g/mol. The summed E-state index contributed by atoms with van der Waals surface area (Å²) in [4.78, 5) is 0. The number of hydrogen-bond acceptors (Lipinski definition) is 5. The number of anilines is 1. The van der Waals surface area contributed by atoms with Gasteiger partial charge in [0.2, 0.25) is 0 Å². The maximum atomic E-state index is 11.8. The molecule has 0 aliphatic heterocycles. The lowest BCUT2D eigenvalue weighted by molar-refractivity contribution is 0.0325. The lowest BCUT2D eigenvalue weighted by Crippen LogP contribution is -2.11. The lowest BCUT2D eigenvalue weighted by atomic mass is 10.0. The Balaban J connectivity index is 1.53. The summed E-state index contributed by atoms with van der Waals surface area (Å²) < 4.78 is 29.1. The standard InChI is InChI=1S/C20H22FNO3S/c21-7-8-23-9-10-24-11-12-25-15-5-6-16(19(22)13-15)18-14-26-20-4-2-1-3-17(18)20/h1-6,13-14H,7-12,22H2. The van der Waals surface area contributed by atoms with Gasteiger partial charge in [-0.05, 0) is 23.6 Å². The summed E-state index contributed by atoms with van der Waals surface area (Å²) in [6, 6.07) is 14.0. The Morgan fingerprint density at radius 3 is 2.46 bits per heavy atom. The van der Waals surface area contributed by atoms with Crippen molar-refractivity contribution in [2.75, 3.05) is 45.4 Å². The average Bonchev–Trinajstić information content (AvgIpc) is 3.08. The summed E-state index contributed by atoms with van der Waals surface area (Å²) in [7, 11) is 0. The molecule has 3 aromatic rings. The van der Waals surface area contributed by atoms with Crippen LogP contribution in [0, 0.1) is 0 Å². The summed E-state index contributed by atoms with van der Waals surface area (Å²) in [5, 5.41) is 3.34. The highest BCUT2D eigenvalue weighted by Gasteiger charge is 2.10. The molecular weight excluding hydrogens is 353 g/mol. The second-order valence-corrected chi connectivity index (χ2v) is 6.57. The molecule has 0 amide bonds. The van der Waals surface area contributed by atoms with Crippen LogP contribution in [0.15, 0.2) is 47.8 Å². The second kappa shape index (κ2) is 9.52. The maximum Gasteiger partial charge on any atom is 0.121 e. The smallest absolute Gasteiger partial charge is 0.121 e. The molecule has 0 aliphatic rings. The molecule has 1 heterocycles. The molecule has 2 N–H and O–H groups in total. The molecule has 0 unspecified atom stereocenters. The van der Waals surface area contributed by atoms with E-state index in [4.69, 9.17) is 19.9 Å². The van der Waals surface area contributed by atoms with E-state index in [0.29, 0.717) is 37.9 Å². The van der Waals surface area contributed by atoms with E-state index in [-0.39, 0.29) is 6.61 Å². The zero-order valence-corrected chi connectivity index (χ0v) is 15.3. The van der Waals surface area contributed by atoms with Gasteiger partial charge < -0.3 is 19.9 Å². The molecule has 138 valence electrons. The van der Waals surface area contributed by atoms with Crippen molar-refractivity contribution in [3.8, 4) is 16.9 Å². The van der Waals surface area contributed by atoms with Crippen molar-refractivity contribution < 1.29 is 18.6 Å². The minimum atomic E-state index is -0.471. The van der Waals surface area contributed by atoms with Crippen molar-refractivity contribution >= 4 is 27.1 Å². The van der Waals surface area contributed by atoms with E-state index in [1.54, 1.807) is 11.3 Å². The maximum absolute atomic E-state index is 11.8. The predicted molar refractivity (Wildman–Crippen MR) is 105 cm³/mol. The molecule has 0 saturated carbocycles. The number of thiophene rings is 1. The van der Waals surface area contributed by atoms with Gasteiger partial charge in [-0.3, -0.25) is 0 Å². The lowest BCUT2D eigenvalue weighted by Gasteiger charge is -2.10. The first-order valence-electron chi connectivity index (χ1n) is 8.50. The van der Waals surface area contributed by atoms with E-state index < -0.39 is 6.67 Å². The Bertz CT molecular complexity index is 837. The zero-order chi connectivity index (χ0) is 18.2. The largest absolute Gasteiger partial charge is 0.491 e. The van der Waals surface area contributed by atoms with Crippen LogP contribution in [0.3, 0.4) is 0 Å². The predicted octanol–water partition coefficient (Wildman–Crippen LogP) is 4.53. The molecule has 2 aromatic carbocycles. The van der Waals surface area contributed by atoms with E-state index in [9.17, 15) is 4.39 Å². The third-order valence-electron chi connectivity index (χ3n) is 3.88. The van der Waals surface area contributed by atoms with E-state index in [2.05, 4.69) is 17.5 Å². The third-order valence-corrected chi connectivity index (χ3v) is 4.85. The van der Waals surface area contributed by atoms with Gasteiger partial charge in [-0.25, -0.2) is 4.39 Å². The fourth-order valence-corrected chi connectivity index (χ4v) is 3.62. The van der Waals surface area contributed by atoms with Crippen molar-refractivity contribution in [2.24, 2.45) is 0 Å². The molecule has 0 atom stereocenters. The minimum Gasteiger partial charge on any atom is -0.491 e. The van der Waals surface area contributed by atoms with E-state index in [1.807, 2.05) is 30.3 Å². The zero-order valence-electron chi connectivity index (χ0n) is 14.4. The van der Waals surface area contributed by atoms with Gasteiger partial charge in [-0.15, -0.1) is 11.3 Å². The number of rotatable bonds is 10. The van der Waals surface area contributed by atoms with Crippen LogP contribution in [0.4, 0.5) is 10.1 Å². The van der Waals surface area contributed by atoms with Crippen molar-refractivity contribution in [2.45, 2.75) is 0 Å². The van der Waals surface area contributed by atoms with Crippen molar-refractivity contribution in [3.05, 3.63) is 47.8 Å². The minimum absolute atomic E-state index is 0.116. The van der Waals surface area contributed by atoms with Gasteiger partial charge in [0, 0.05) is 33.0 Å². The molecule has 6 heteroatoms. The first-order valence-corrected chi connectivity index (χ1v) is 9.38. The quantitative estimate of drug-likeness (QED) is 0.418. The number of ether oxygens (including phenoxy) is 3. The van der Waals surface area contributed by atoms with Crippen LogP contribution in [-0.2, 0) is 9.47 Å². The number of nitrogens with two attached hydrogens (primary N) is 1. The summed E-state index contributed by atoms with van der Waals surface area (Å²) >= 11 is 1.71. The molecule has 0 spiro atoms. The topological polar surface area (TPSA) is 53.7 Å². The number of benzene rings is 2. The van der Waals surface area contributed by atoms with E-state index in [0.717, 1.165) is 11.1 Å². The van der Waals surface area contributed by atoms with Crippen LogP contribution >= 0.6 is 11.3 Å². The van der Waals surface area contributed by atoms with E-state index >= 15 is 0 Å². The second-order valence-electron chi connectivity index (χ2n) is 5.66. The third kappa shape index (κ3) is 4.72. The van der Waals surface area contributed by atoms with Gasteiger partial charge in [0.25, 0.3) is 0 Å². The Kier molecular flexibility index (Phi) is 6.82. The molecule has 0 fully saturated rings. The fraction of sp³-hybridized carbons (Fsp3) is 0.300. The fourth-order valence-electron chi connectivity index (χ4n) is 2.66. The molecule has 4 nitrogen and oxygen atoms in total. The SMILES string of the molecule is Nc1cc(OCCOCCOCCF)ccc1-c1csc2ccccc12. The summed E-state index contributed by atoms with van der Waals surface area (Å²) in [6.07, 6.45) is 0. The first kappa shape index (κ1) is 18.6. The molecule has 0 saturated heterocycles. The van der Waals surface area contributed by atoms with E-state index in [1.165, 1.54) is 10.1 Å². The molecular formula is C20H22FNO3S. The van der Waals surface area contributed by atoms with Gasteiger partial charge in [-0.1, -0.05) is 18.2 Å². The molecule has 1 aromatic heterocycles. The molecule has 0 radical (unpaired) electrons. The van der Waals surface area contributed by atoms with Gasteiger partial charge >= 0.3 is 0 Å². The van der Waals surface area contributed by atoms with Crippen LogP contribution in [-0.4, -0.2) is 39.7 Å².